The van der Waals surface area contributed by atoms with E-state index in [1.165, 1.54) is 16.7 Å². The lowest BCUT2D eigenvalue weighted by atomic mass is 10.0. The van der Waals surface area contributed by atoms with Crippen LogP contribution < -0.4 is 0 Å². The fourth-order valence-electron chi connectivity index (χ4n) is 2.87. The van der Waals surface area contributed by atoms with E-state index in [1.54, 1.807) is 0 Å². The zero-order chi connectivity index (χ0) is 15.4. The van der Waals surface area contributed by atoms with Gasteiger partial charge in [0.15, 0.2) is 0 Å². The minimum absolute atomic E-state index is 0.101. The molecule has 0 bridgehead atoms. The third-order valence-electron chi connectivity index (χ3n) is 4.43. The molecule has 0 radical (unpaired) electrons. The fraction of sp³-hybridized carbons (Fsp3) is 0.368. The summed E-state index contributed by atoms with van der Waals surface area (Å²) in [4.78, 5) is 4.90. The molecule has 116 valence electrons. The molecule has 1 heterocycles. The van der Waals surface area contributed by atoms with Gasteiger partial charge < -0.3 is 10.0 Å². The van der Waals surface area contributed by atoms with Gasteiger partial charge in [0.1, 0.15) is 0 Å². The summed E-state index contributed by atoms with van der Waals surface area (Å²) in [5, 5.41) is 9.10. The van der Waals surface area contributed by atoms with Crippen molar-refractivity contribution in [3.8, 4) is 11.1 Å². The van der Waals surface area contributed by atoms with Gasteiger partial charge in [0, 0.05) is 32.7 Å². The Morgan fingerprint density at radius 1 is 0.773 bits per heavy atom. The smallest absolute Gasteiger partial charge is 0.0681 e. The monoisotopic (exact) mass is 296 g/mol. The molecule has 0 spiro atoms. The predicted octanol–water partition coefficient (Wildman–Crippen LogP) is 2.59. The molecule has 3 heteroatoms. The highest BCUT2D eigenvalue weighted by molar-refractivity contribution is 5.63. The molecule has 1 fully saturated rings. The molecular weight excluding hydrogens is 272 g/mol. The topological polar surface area (TPSA) is 26.7 Å². The Bertz CT molecular complexity index is 584. The van der Waals surface area contributed by atoms with Crippen LogP contribution in [0.25, 0.3) is 11.1 Å². The van der Waals surface area contributed by atoms with E-state index in [0.29, 0.717) is 0 Å². The van der Waals surface area contributed by atoms with Gasteiger partial charge in [-0.25, -0.2) is 0 Å². The summed E-state index contributed by atoms with van der Waals surface area (Å²) in [6.07, 6.45) is 0. The number of rotatable bonds is 4. The van der Waals surface area contributed by atoms with Gasteiger partial charge in [-0.1, -0.05) is 48.5 Å². The average molecular weight is 296 g/mol. The van der Waals surface area contributed by atoms with E-state index in [-0.39, 0.29) is 6.61 Å². The minimum Gasteiger partial charge on any atom is -0.392 e. The molecule has 0 saturated carbocycles. The Morgan fingerprint density at radius 2 is 1.27 bits per heavy atom. The number of hydrogen-bond acceptors (Lipinski definition) is 3. The third-order valence-corrected chi connectivity index (χ3v) is 4.43. The molecular formula is C19H24N2O. The highest BCUT2D eigenvalue weighted by Gasteiger charge is 2.13. The Morgan fingerprint density at radius 3 is 1.77 bits per heavy atom. The number of nitrogens with zero attached hydrogens (tertiary/aromatic N) is 2. The molecule has 1 aliphatic rings. The second-order valence-electron chi connectivity index (χ2n) is 6.13. The maximum atomic E-state index is 9.10. The summed E-state index contributed by atoms with van der Waals surface area (Å²) < 4.78 is 0. The molecule has 1 saturated heterocycles. The van der Waals surface area contributed by atoms with E-state index in [4.69, 9.17) is 5.11 Å². The van der Waals surface area contributed by atoms with Crippen LogP contribution in [-0.4, -0.2) is 48.1 Å². The first-order valence-electron chi connectivity index (χ1n) is 7.94. The first-order chi connectivity index (χ1) is 10.7. The first-order valence-corrected chi connectivity index (χ1v) is 7.94. The van der Waals surface area contributed by atoms with E-state index in [2.05, 4.69) is 53.2 Å². The number of benzene rings is 2. The second kappa shape index (κ2) is 7.05. The average Bonchev–Trinajstić information content (AvgIpc) is 2.58. The molecule has 22 heavy (non-hydrogen) atoms. The van der Waals surface area contributed by atoms with Crippen molar-refractivity contribution in [1.82, 2.24) is 9.80 Å². The van der Waals surface area contributed by atoms with E-state index >= 15 is 0 Å². The SMILES string of the molecule is CN1CCN(Cc2ccc(-c3ccc(CO)cc3)cc2)CC1. The van der Waals surface area contributed by atoms with Crippen molar-refractivity contribution in [2.24, 2.45) is 0 Å². The van der Waals surface area contributed by atoms with Crippen molar-refractivity contribution in [3.63, 3.8) is 0 Å². The first kappa shape index (κ1) is 15.2. The number of piperazine rings is 1. The largest absolute Gasteiger partial charge is 0.392 e. The molecule has 0 amide bonds. The van der Waals surface area contributed by atoms with Crippen molar-refractivity contribution in [3.05, 3.63) is 59.7 Å². The van der Waals surface area contributed by atoms with Gasteiger partial charge in [-0.3, -0.25) is 4.90 Å². The van der Waals surface area contributed by atoms with Crippen molar-refractivity contribution < 1.29 is 5.11 Å². The highest BCUT2D eigenvalue weighted by Crippen LogP contribution is 2.21. The quantitative estimate of drug-likeness (QED) is 0.939. The Kier molecular flexibility index (Phi) is 4.88. The number of hydrogen-bond donors (Lipinski definition) is 1. The minimum atomic E-state index is 0.101. The molecule has 0 unspecified atom stereocenters. The molecule has 0 aromatic heterocycles. The van der Waals surface area contributed by atoms with Crippen molar-refractivity contribution in [2.75, 3.05) is 33.2 Å². The van der Waals surface area contributed by atoms with Crippen LogP contribution in [0.15, 0.2) is 48.5 Å². The van der Waals surface area contributed by atoms with Gasteiger partial charge in [-0.15, -0.1) is 0 Å². The summed E-state index contributed by atoms with van der Waals surface area (Å²) in [5.74, 6) is 0. The molecule has 0 atom stereocenters. The van der Waals surface area contributed by atoms with Crippen LogP contribution in [0.3, 0.4) is 0 Å². The van der Waals surface area contributed by atoms with Gasteiger partial charge in [0.2, 0.25) is 0 Å². The molecule has 2 aromatic carbocycles. The van der Waals surface area contributed by atoms with Gasteiger partial charge in [0.25, 0.3) is 0 Å². The molecule has 2 aromatic rings. The molecule has 0 aliphatic carbocycles. The number of aliphatic hydroxyl groups excluding tert-OH is 1. The van der Waals surface area contributed by atoms with Gasteiger partial charge in [-0.05, 0) is 29.3 Å². The lowest BCUT2D eigenvalue weighted by molar-refractivity contribution is 0.148. The standard InChI is InChI=1S/C19H24N2O/c1-20-10-12-21(13-11-20)14-16-2-6-18(7-3-16)19-8-4-17(15-22)5-9-19/h2-9,22H,10-15H2,1H3. The summed E-state index contributed by atoms with van der Waals surface area (Å²) in [6.45, 7) is 5.77. The zero-order valence-corrected chi connectivity index (χ0v) is 13.2. The van der Waals surface area contributed by atoms with E-state index in [0.717, 1.165) is 38.3 Å². The van der Waals surface area contributed by atoms with E-state index in [9.17, 15) is 0 Å². The van der Waals surface area contributed by atoms with Crippen LogP contribution in [0.2, 0.25) is 0 Å². The Labute approximate surface area is 132 Å². The molecule has 1 aliphatic heterocycles. The molecule has 3 rings (SSSR count). The van der Waals surface area contributed by atoms with Crippen LogP contribution >= 0.6 is 0 Å². The van der Waals surface area contributed by atoms with E-state index in [1.807, 2.05) is 12.1 Å². The van der Waals surface area contributed by atoms with E-state index < -0.39 is 0 Å². The van der Waals surface area contributed by atoms with Crippen LogP contribution in [-0.2, 0) is 13.2 Å². The fourth-order valence-corrected chi connectivity index (χ4v) is 2.87. The maximum Gasteiger partial charge on any atom is 0.0681 e. The van der Waals surface area contributed by atoms with Crippen LogP contribution in [0, 0.1) is 0 Å². The van der Waals surface area contributed by atoms with Crippen LogP contribution in [0.4, 0.5) is 0 Å². The Hall–Kier alpha value is -1.68. The van der Waals surface area contributed by atoms with Gasteiger partial charge in [0.05, 0.1) is 6.61 Å². The van der Waals surface area contributed by atoms with Crippen LogP contribution in [0.1, 0.15) is 11.1 Å². The normalized spacial score (nSPS) is 16.8. The lowest BCUT2D eigenvalue weighted by Crippen LogP contribution is -2.43. The third kappa shape index (κ3) is 3.74. The van der Waals surface area contributed by atoms with Gasteiger partial charge in [-0.2, -0.15) is 0 Å². The molecule has 1 N–H and O–H groups in total. The van der Waals surface area contributed by atoms with Crippen molar-refractivity contribution in [2.45, 2.75) is 13.2 Å². The second-order valence-corrected chi connectivity index (χ2v) is 6.13. The summed E-state index contributed by atoms with van der Waals surface area (Å²) in [5.41, 5.74) is 4.76. The van der Waals surface area contributed by atoms with Gasteiger partial charge >= 0.3 is 0 Å². The highest BCUT2D eigenvalue weighted by atomic mass is 16.3. The number of likely N-dealkylation sites (N-methyl/N-ethyl adjacent to an activating group) is 1. The molecule has 3 nitrogen and oxygen atoms in total. The van der Waals surface area contributed by atoms with Crippen LogP contribution in [0.5, 0.6) is 0 Å². The summed E-state index contributed by atoms with van der Waals surface area (Å²) >= 11 is 0. The number of aliphatic hydroxyl groups is 1. The van der Waals surface area contributed by atoms with Crippen molar-refractivity contribution in [1.29, 1.82) is 0 Å². The maximum absolute atomic E-state index is 9.10. The van der Waals surface area contributed by atoms with Crippen molar-refractivity contribution >= 4 is 0 Å². The summed E-state index contributed by atoms with van der Waals surface area (Å²) in [7, 11) is 2.19. The summed E-state index contributed by atoms with van der Waals surface area (Å²) in [6, 6.07) is 16.9. The Balaban J connectivity index is 1.64. The zero-order valence-electron chi connectivity index (χ0n) is 13.2. The predicted molar refractivity (Wildman–Crippen MR) is 90.6 cm³/mol. The lowest BCUT2D eigenvalue weighted by Gasteiger charge is -2.32.